The number of carboxylic acid groups (broad SMARTS) is 2. The van der Waals surface area contributed by atoms with E-state index in [1.165, 1.54) is 134 Å². The van der Waals surface area contributed by atoms with Crippen LogP contribution in [0.2, 0.25) is 3.67 Å². The summed E-state index contributed by atoms with van der Waals surface area (Å²) in [5.41, 5.74) is 0. The number of hydrogen-bond donors (Lipinski definition) is 2. The van der Waals surface area contributed by atoms with Crippen LogP contribution >= 0.6 is 0 Å². The molecule has 27 heavy (non-hydrogen) atoms. The number of rotatable bonds is 18. The smallest absolute Gasteiger partial charge is 0.328 e. The SMILES string of the molecule is CCCCCCCCCCCCCCCCC[CH2][Na].O=C(O)/C=C/C(=O)O. The van der Waals surface area contributed by atoms with Crippen molar-refractivity contribution >= 4 is 39.9 Å². The summed E-state index contributed by atoms with van der Waals surface area (Å²) in [5, 5.41) is 15.6. The fraction of sp³-hybridized carbons (Fsp3) is 0.818. The van der Waals surface area contributed by atoms with E-state index >= 15 is 0 Å². The van der Waals surface area contributed by atoms with Crippen LogP contribution in [0.1, 0.15) is 110 Å². The Labute approximate surface area is 184 Å². The van der Waals surface area contributed by atoms with Gasteiger partial charge in [0.25, 0.3) is 0 Å². The number of unbranched alkanes of at least 4 members (excludes halogenated alkanes) is 15. The van der Waals surface area contributed by atoms with Crippen LogP contribution in [0, 0.1) is 0 Å². The zero-order valence-electron chi connectivity index (χ0n) is 17.9. The van der Waals surface area contributed by atoms with Gasteiger partial charge in [0.1, 0.15) is 0 Å². The minimum Gasteiger partial charge on any atom is -0.478 e. The summed E-state index contributed by atoms with van der Waals surface area (Å²) >= 11 is 1.41. The molecule has 0 amide bonds. The molecule has 0 aliphatic rings. The molecule has 4 nitrogen and oxygen atoms in total. The summed E-state index contributed by atoms with van der Waals surface area (Å²) in [6, 6.07) is 0. The Bertz CT molecular complexity index is 324. The van der Waals surface area contributed by atoms with Gasteiger partial charge in [-0.1, -0.05) is 39.0 Å². The fourth-order valence-electron chi connectivity index (χ4n) is 2.94. The van der Waals surface area contributed by atoms with E-state index in [-0.39, 0.29) is 0 Å². The standard InChI is InChI=1S/C18H37.C4H4O4.Na/c1-3-5-7-9-11-13-15-17-18-16-14-12-10-8-6-4-2;5-3(6)1-2-4(7)8;/h1,3-18H2,2H3;1-2H,(H,5,6)(H,7,8);/b;2-1+;. The maximum absolute atomic E-state index is 9.55. The third-order valence-electron chi connectivity index (χ3n) is 4.58. The molecule has 0 bridgehead atoms. The van der Waals surface area contributed by atoms with Gasteiger partial charge in [0.05, 0.1) is 0 Å². The zero-order valence-corrected chi connectivity index (χ0v) is 19.9. The first kappa shape index (κ1) is 28.9. The maximum Gasteiger partial charge on any atom is 0.328 e. The first-order valence-electron chi connectivity index (χ1n) is 11.2. The molecule has 0 radical (unpaired) electrons. The van der Waals surface area contributed by atoms with Crippen molar-refractivity contribution in [3.05, 3.63) is 12.2 Å². The van der Waals surface area contributed by atoms with Crippen molar-refractivity contribution in [2.45, 2.75) is 113 Å². The van der Waals surface area contributed by atoms with Gasteiger partial charge in [-0.25, -0.2) is 9.59 Å². The molecule has 0 saturated carbocycles. The van der Waals surface area contributed by atoms with Crippen LogP contribution in [0.15, 0.2) is 12.2 Å². The summed E-state index contributed by atoms with van der Waals surface area (Å²) in [5.74, 6) is -2.51. The minimum atomic E-state index is -1.26. The van der Waals surface area contributed by atoms with Crippen LogP contribution in [0.4, 0.5) is 0 Å². The molecule has 2 N–H and O–H groups in total. The van der Waals surface area contributed by atoms with E-state index in [4.69, 9.17) is 10.2 Å². The third-order valence-corrected chi connectivity index (χ3v) is 5.28. The second-order valence-electron chi connectivity index (χ2n) is 7.31. The molecule has 0 aromatic heterocycles. The van der Waals surface area contributed by atoms with Crippen molar-refractivity contribution in [2.24, 2.45) is 0 Å². The first-order valence-corrected chi connectivity index (χ1v) is 12.6. The van der Waals surface area contributed by atoms with Gasteiger partial charge in [0, 0.05) is 12.2 Å². The molecule has 0 saturated heterocycles. The van der Waals surface area contributed by atoms with Crippen molar-refractivity contribution in [1.29, 1.82) is 0 Å². The van der Waals surface area contributed by atoms with Crippen molar-refractivity contribution in [2.75, 3.05) is 0 Å². The normalized spacial score (nSPS) is 10.6. The van der Waals surface area contributed by atoms with Crippen molar-refractivity contribution < 1.29 is 19.8 Å². The van der Waals surface area contributed by atoms with E-state index in [1.807, 2.05) is 0 Å². The summed E-state index contributed by atoms with van der Waals surface area (Å²) < 4.78 is 1.51. The van der Waals surface area contributed by atoms with E-state index < -0.39 is 11.9 Å². The topological polar surface area (TPSA) is 74.6 Å². The molecule has 0 aromatic rings. The molecule has 0 spiro atoms. The van der Waals surface area contributed by atoms with E-state index in [1.54, 1.807) is 0 Å². The summed E-state index contributed by atoms with van der Waals surface area (Å²) in [7, 11) is 0. The zero-order chi connectivity index (χ0) is 20.6. The van der Waals surface area contributed by atoms with Crippen LogP contribution in [-0.4, -0.2) is 50.1 Å². The average molecular weight is 393 g/mol. The predicted octanol–water partition coefficient (Wildman–Crippen LogP) is 6.55. The van der Waals surface area contributed by atoms with E-state index in [9.17, 15) is 9.59 Å². The summed E-state index contributed by atoms with van der Waals surface area (Å²) in [6.45, 7) is 2.30. The molecular formula is C22H41NaO4. The maximum atomic E-state index is 9.55. The number of carboxylic acids is 2. The molecule has 154 valence electrons. The molecular weight excluding hydrogens is 351 g/mol. The van der Waals surface area contributed by atoms with Crippen LogP contribution < -0.4 is 0 Å². The monoisotopic (exact) mass is 392 g/mol. The Morgan fingerprint density at radius 1 is 0.593 bits per heavy atom. The number of carbonyl (C=O) groups is 2. The van der Waals surface area contributed by atoms with Gasteiger partial charge < -0.3 is 10.2 Å². The summed E-state index contributed by atoms with van der Waals surface area (Å²) in [4.78, 5) is 19.1. The molecule has 0 unspecified atom stereocenters. The Kier molecular flexibility index (Phi) is 27.5. The Morgan fingerprint density at radius 3 is 1.07 bits per heavy atom. The van der Waals surface area contributed by atoms with Gasteiger partial charge >= 0.3 is 114 Å². The molecule has 0 heterocycles. The van der Waals surface area contributed by atoms with Crippen molar-refractivity contribution in [1.82, 2.24) is 0 Å². The third kappa shape index (κ3) is 33.7. The van der Waals surface area contributed by atoms with Gasteiger partial charge in [-0.2, -0.15) is 0 Å². The second kappa shape index (κ2) is 25.7. The van der Waals surface area contributed by atoms with Gasteiger partial charge in [-0.15, -0.1) is 0 Å². The largest absolute Gasteiger partial charge is 0.478 e. The Balaban J connectivity index is 0. The van der Waals surface area contributed by atoms with E-state index in [0.717, 1.165) is 0 Å². The van der Waals surface area contributed by atoms with Crippen LogP contribution in [-0.2, 0) is 9.59 Å². The quantitative estimate of drug-likeness (QED) is 0.158. The van der Waals surface area contributed by atoms with Crippen molar-refractivity contribution in [3.63, 3.8) is 0 Å². The number of aliphatic carboxylic acids is 2. The Hall–Kier alpha value is -0.320. The first-order chi connectivity index (χ1) is 13.0. The van der Waals surface area contributed by atoms with Crippen LogP contribution in [0.5, 0.6) is 0 Å². The summed E-state index contributed by atoms with van der Waals surface area (Å²) in [6.07, 6.45) is 24.8. The van der Waals surface area contributed by atoms with E-state index in [2.05, 4.69) is 6.92 Å². The molecule has 0 fully saturated rings. The van der Waals surface area contributed by atoms with Gasteiger partial charge in [-0.3, -0.25) is 0 Å². The van der Waals surface area contributed by atoms with Gasteiger partial charge in [-0.05, 0) is 0 Å². The fourth-order valence-corrected chi connectivity index (χ4v) is 3.44. The molecule has 0 atom stereocenters. The minimum absolute atomic E-state index is 0.558. The molecule has 0 aliphatic heterocycles. The molecule has 0 rings (SSSR count). The van der Waals surface area contributed by atoms with Gasteiger partial charge in [0.15, 0.2) is 0 Å². The van der Waals surface area contributed by atoms with Crippen molar-refractivity contribution in [3.8, 4) is 0 Å². The molecule has 5 heteroatoms. The predicted molar refractivity (Wildman–Crippen MR) is 115 cm³/mol. The number of hydrogen-bond acceptors (Lipinski definition) is 2. The van der Waals surface area contributed by atoms with Crippen LogP contribution in [0.3, 0.4) is 0 Å². The molecule has 0 aliphatic carbocycles. The van der Waals surface area contributed by atoms with Crippen LogP contribution in [0.25, 0.3) is 0 Å². The second-order valence-corrected chi connectivity index (χ2v) is 8.31. The molecule has 0 aromatic carbocycles. The van der Waals surface area contributed by atoms with Gasteiger partial charge in [0.2, 0.25) is 0 Å². The average Bonchev–Trinajstić information content (AvgIpc) is 2.64. The van der Waals surface area contributed by atoms with E-state index in [0.29, 0.717) is 12.2 Å². The Morgan fingerprint density at radius 2 is 0.852 bits per heavy atom.